The number of carbonyl (C=O) groups excluding carboxylic acids is 2. The highest BCUT2D eigenvalue weighted by atomic mass is 16.2. The standard InChI is InChI=1S/C18H17N3O2/c1-13-6-5-9-15(12-13)20-11-10-16(22)17(19)18(23)21-14-7-3-2-4-8-14/h2-12,19-20H,1H3,(H,21,23)/b11-10-,19-17?. The summed E-state index contributed by atoms with van der Waals surface area (Å²) >= 11 is 0. The van der Waals surface area contributed by atoms with Gasteiger partial charge in [0.25, 0.3) is 5.91 Å². The fourth-order valence-electron chi connectivity index (χ4n) is 1.86. The Morgan fingerprint density at radius 1 is 1.00 bits per heavy atom. The molecule has 0 saturated carbocycles. The van der Waals surface area contributed by atoms with Crippen LogP contribution in [0.2, 0.25) is 0 Å². The minimum Gasteiger partial charge on any atom is -0.362 e. The summed E-state index contributed by atoms with van der Waals surface area (Å²) in [5, 5.41) is 13.1. The molecule has 1 amide bonds. The fourth-order valence-corrected chi connectivity index (χ4v) is 1.86. The van der Waals surface area contributed by atoms with Crippen LogP contribution >= 0.6 is 0 Å². The summed E-state index contributed by atoms with van der Waals surface area (Å²) in [6, 6.07) is 16.3. The third-order valence-electron chi connectivity index (χ3n) is 3.01. The van der Waals surface area contributed by atoms with Crippen LogP contribution in [0, 0.1) is 12.3 Å². The molecular formula is C18H17N3O2. The Kier molecular flexibility index (Phi) is 5.41. The third kappa shape index (κ3) is 4.93. The Labute approximate surface area is 134 Å². The molecule has 0 aliphatic heterocycles. The molecule has 0 heterocycles. The van der Waals surface area contributed by atoms with Crippen LogP contribution in [0.15, 0.2) is 66.9 Å². The van der Waals surface area contributed by atoms with Crippen molar-refractivity contribution in [3.05, 3.63) is 72.4 Å². The molecule has 2 aromatic carbocycles. The number of allylic oxidation sites excluding steroid dienone is 1. The first kappa shape index (κ1) is 16.2. The monoisotopic (exact) mass is 307 g/mol. The van der Waals surface area contributed by atoms with E-state index >= 15 is 0 Å². The van der Waals surface area contributed by atoms with Crippen LogP contribution in [0.1, 0.15) is 5.56 Å². The molecule has 2 rings (SSSR count). The molecule has 0 fully saturated rings. The largest absolute Gasteiger partial charge is 0.362 e. The molecule has 2 aromatic rings. The van der Waals surface area contributed by atoms with Crippen LogP contribution in [-0.4, -0.2) is 17.4 Å². The molecule has 0 radical (unpaired) electrons. The van der Waals surface area contributed by atoms with Crippen molar-refractivity contribution in [3.8, 4) is 0 Å². The van der Waals surface area contributed by atoms with Crippen molar-refractivity contribution in [2.75, 3.05) is 10.6 Å². The predicted molar refractivity (Wildman–Crippen MR) is 91.7 cm³/mol. The van der Waals surface area contributed by atoms with E-state index in [4.69, 9.17) is 5.41 Å². The Hall–Kier alpha value is -3.21. The number of hydrogen-bond acceptors (Lipinski definition) is 4. The van der Waals surface area contributed by atoms with Gasteiger partial charge in [-0.2, -0.15) is 0 Å². The van der Waals surface area contributed by atoms with E-state index in [1.54, 1.807) is 24.3 Å². The van der Waals surface area contributed by atoms with Crippen molar-refractivity contribution in [2.24, 2.45) is 0 Å². The van der Waals surface area contributed by atoms with Gasteiger partial charge < -0.3 is 10.6 Å². The van der Waals surface area contributed by atoms with Gasteiger partial charge in [-0.25, -0.2) is 0 Å². The number of para-hydroxylation sites is 1. The fraction of sp³-hybridized carbons (Fsp3) is 0.0556. The molecule has 116 valence electrons. The van der Waals surface area contributed by atoms with E-state index in [9.17, 15) is 9.59 Å². The van der Waals surface area contributed by atoms with Gasteiger partial charge >= 0.3 is 0 Å². The number of aryl methyl sites for hydroxylation is 1. The second-order valence-electron chi connectivity index (χ2n) is 4.91. The van der Waals surface area contributed by atoms with E-state index in [1.807, 2.05) is 37.3 Å². The van der Waals surface area contributed by atoms with Gasteiger partial charge in [0.15, 0.2) is 5.71 Å². The topological polar surface area (TPSA) is 82.1 Å². The summed E-state index contributed by atoms with van der Waals surface area (Å²) in [5.41, 5.74) is 1.84. The Morgan fingerprint density at radius 3 is 2.39 bits per heavy atom. The van der Waals surface area contributed by atoms with Crippen LogP contribution in [-0.2, 0) is 9.59 Å². The highest BCUT2D eigenvalue weighted by Crippen LogP contribution is 2.09. The van der Waals surface area contributed by atoms with Gasteiger partial charge in [-0.05, 0) is 36.8 Å². The number of nitrogens with one attached hydrogen (secondary N) is 3. The maximum absolute atomic E-state index is 11.8. The highest BCUT2D eigenvalue weighted by molar-refractivity contribution is 6.68. The third-order valence-corrected chi connectivity index (χ3v) is 3.01. The highest BCUT2D eigenvalue weighted by Gasteiger charge is 2.15. The SMILES string of the molecule is Cc1cccc(N/C=C\C(=O)C(=N)C(=O)Nc2ccccc2)c1. The number of amides is 1. The molecule has 0 spiro atoms. The summed E-state index contributed by atoms with van der Waals surface area (Å²) in [6.07, 6.45) is 2.58. The molecule has 23 heavy (non-hydrogen) atoms. The molecule has 0 aromatic heterocycles. The number of ketones is 1. The van der Waals surface area contributed by atoms with E-state index in [-0.39, 0.29) is 0 Å². The minimum absolute atomic E-state index is 0.539. The van der Waals surface area contributed by atoms with Crippen LogP contribution < -0.4 is 10.6 Å². The van der Waals surface area contributed by atoms with Gasteiger partial charge in [0.1, 0.15) is 0 Å². The van der Waals surface area contributed by atoms with Crippen LogP contribution in [0.25, 0.3) is 0 Å². The maximum atomic E-state index is 11.8. The van der Waals surface area contributed by atoms with Crippen molar-refractivity contribution in [2.45, 2.75) is 6.92 Å². The first-order chi connectivity index (χ1) is 11.1. The van der Waals surface area contributed by atoms with Gasteiger partial charge in [0.05, 0.1) is 0 Å². The molecule has 0 unspecified atom stereocenters. The number of rotatable bonds is 6. The van der Waals surface area contributed by atoms with Gasteiger partial charge in [-0.3, -0.25) is 15.0 Å². The number of carbonyl (C=O) groups is 2. The van der Waals surface area contributed by atoms with Gasteiger partial charge in [0.2, 0.25) is 5.78 Å². The van der Waals surface area contributed by atoms with Crippen LogP contribution in [0.4, 0.5) is 11.4 Å². The summed E-state index contributed by atoms with van der Waals surface area (Å²) < 4.78 is 0. The van der Waals surface area contributed by atoms with E-state index < -0.39 is 17.4 Å². The van der Waals surface area contributed by atoms with E-state index in [1.165, 1.54) is 6.20 Å². The molecule has 0 saturated heterocycles. The molecule has 0 aliphatic carbocycles. The summed E-state index contributed by atoms with van der Waals surface area (Å²) in [5.74, 6) is -1.40. The van der Waals surface area contributed by atoms with Crippen molar-refractivity contribution in [1.29, 1.82) is 5.41 Å². The second kappa shape index (κ2) is 7.70. The van der Waals surface area contributed by atoms with E-state index in [0.29, 0.717) is 5.69 Å². The second-order valence-corrected chi connectivity index (χ2v) is 4.91. The molecule has 3 N–H and O–H groups in total. The normalized spacial score (nSPS) is 10.3. The molecule has 0 aliphatic rings. The quantitative estimate of drug-likeness (QED) is 0.435. The molecule has 0 bridgehead atoms. The van der Waals surface area contributed by atoms with Crippen molar-refractivity contribution in [1.82, 2.24) is 0 Å². The zero-order valence-electron chi connectivity index (χ0n) is 12.7. The lowest BCUT2D eigenvalue weighted by Gasteiger charge is -2.04. The molecule has 0 atom stereocenters. The van der Waals surface area contributed by atoms with Crippen molar-refractivity contribution in [3.63, 3.8) is 0 Å². The number of anilines is 2. The molecule has 5 heteroatoms. The van der Waals surface area contributed by atoms with Crippen LogP contribution in [0.5, 0.6) is 0 Å². The number of hydrogen-bond donors (Lipinski definition) is 3. The van der Waals surface area contributed by atoms with E-state index in [0.717, 1.165) is 17.3 Å². The van der Waals surface area contributed by atoms with Gasteiger partial charge in [-0.1, -0.05) is 30.3 Å². The maximum Gasteiger partial charge on any atom is 0.277 e. The molecule has 5 nitrogen and oxygen atoms in total. The average molecular weight is 307 g/mol. The van der Waals surface area contributed by atoms with Crippen molar-refractivity contribution < 1.29 is 9.59 Å². The molecular weight excluding hydrogens is 290 g/mol. The van der Waals surface area contributed by atoms with Crippen molar-refractivity contribution >= 4 is 28.8 Å². The zero-order chi connectivity index (χ0) is 16.7. The van der Waals surface area contributed by atoms with Gasteiger partial charge in [-0.15, -0.1) is 0 Å². The minimum atomic E-state index is -0.735. The van der Waals surface area contributed by atoms with Gasteiger partial charge in [0, 0.05) is 23.7 Å². The van der Waals surface area contributed by atoms with Crippen LogP contribution in [0.3, 0.4) is 0 Å². The lowest BCUT2D eigenvalue weighted by molar-refractivity contribution is -0.113. The first-order valence-electron chi connectivity index (χ1n) is 7.05. The zero-order valence-corrected chi connectivity index (χ0v) is 12.7. The summed E-state index contributed by atoms with van der Waals surface area (Å²) in [4.78, 5) is 23.6. The Morgan fingerprint density at radius 2 is 1.70 bits per heavy atom. The lowest BCUT2D eigenvalue weighted by atomic mass is 10.2. The Bertz CT molecular complexity index is 752. The summed E-state index contributed by atoms with van der Waals surface area (Å²) in [7, 11) is 0. The summed E-state index contributed by atoms with van der Waals surface area (Å²) in [6.45, 7) is 1.96. The first-order valence-corrected chi connectivity index (χ1v) is 7.05. The Balaban J connectivity index is 1.90. The number of benzene rings is 2. The van der Waals surface area contributed by atoms with E-state index in [2.05, 4.69) is 10.6 Å². The average Bonchev–Trinajstić information content (AvgIpc) is 2.55. The smallest absolute Gasteiger partial charge is 0.277 e. The predicted octanol–water partition coefficient (Wildman–Crippen LogP) is 3.15. The lowest BCUT2D eigenvalue weighted by Crippen LogP contribution is -2.28.